The fourth-order valence-electron chi connectivity index (χ4n) is 1.24. The lowest BCUT2D eigenvalue weighted by molar-refractivity contribution is -0.136. The first kappa shape index (κ1) is 9.85. The molecule has 78 valence electrons. The third kappa shape index (κ3) is 2.04. The predicted molar refractivity (Wildman–Crippen MR) is 55.7 cm³/mol. The standard InChI is InChI=1S/C9H9N3O2S/c1-12-7(2-3-10-12)9-11-6(5-15-9)4-8(13)14/h2-3,5H,4H2,1H3,(H,13,14). The molecule has 15 heavy (non-hydrogen) atoms. The number of carbonyl (C=O) groups is 1. The van der Waals surface area contributed by atoms with Crippen molar-refractivity contribution >= 4 is 17.3 Å². The summed E-state index contributed by atoms with van der Waals surface area (Å²) in [5.74, 6) is -0.864. The maximum atomic E-state index is 10.5. The number of carboxylic acids is 1. The van der Waals surface area contributed by atoms with E-state index in [2.05, 4.69) is 10.1 Å². The second-order valence-corrected chi connectivity index (χ2v) is 3.91. The van der Waals surface area contributed by atoms with Crippen LogP contribution in [0.5, 0.6) is 0 Å². The molecule has 2 heterocycles. The molecule has 0 atom stereocenters. The summed E-state index contributed by atoms with van der Waals surface area (Å²) in [6.45, 7) is 0. The minimum absolute atomic E-state index is 0.0334. The van der Waals surface area contributed by atoms with E-state index >= 15 is 0 Å². The highest BCUT2D eigenvalue weighted by atomic mass is 32.1. The molecule has 1 N–H and O–H groups in total. The van der Waals surface area contributed by atoms with Gasteiger partial charge in [-0.2, -0.15) is 5.10 Å². The average molecular weight is 223 g/mol. The first-order valence-corrected chi connectivity index (χ1v) is 5.19. The lowest BCUT2D eigenvalue weighted by Gasteiger charge is -1.95. The van der Waals surface area contributed by atoms with Gasteiger partial charge in [-0.05, 0) is 6.07 Å². The summed E-state index contributed by atoms with van der Waals surface area (Å²) >= 11 is 1.43. The highest BCUT2D eigenvalue weighted by Crippen LogP contribution is 2.22. The zero-order valence-corrected chi connectivity index (χ0v) is 8.86. The maximum Gasteiger partial charge on any atom is 0.309 e. The van der Waals surface area contributed by atoms with Gasteiger partial charge >= 0.3 is 5.97 Å². The van der Waals surface area contributed by atoms with Gasteiger partial charge in [-0.1, -0.05) is 0 Å². The fourth-order valence-corrected chi connectivity index (χ4v) is 2.12. The first-order valence-electron chi connectivity index (χ1n) is 4.31. The molecule has 0 bridgehead atoms. The predicted octanol–water partition coefficient (Wildman–Crippen LogP) is 1.17. The fraction of sp³-hybridized carbons (Fsp3) is 0.222. The Hall–Kier alpha value is -1.69. The SMILES string of the molecule is Cn1nccc1-c1nc(CC(=O)O)cs1. The van der Waals surface area contributed by atoms with Gasteiger partial charge in [-0.25, -0.2) is 4.98 Å². The van der Waals surface area contributed by atoms with E-state index in [0.29, 0.717) is 5.69 Å². The van der Waals surface area contributed by atoms with Crippen LogP contribution in [-0.2, 0) is 18.3 Å². The van der Waals surface area contributed by atoms with Gasteiger partial charge in [0.05, 0.1) is 17.8 Å². The Kier molecular flexibility index (Phi) is 2.51. The summed E-state index contributed by atoms with van der Waals surface area (Å²) in [6.07, 6.45) is 1.65. The molecule has 0 saturated heterocycles. The molecule has 2 rings (SSSR count). The van der Waals surface area contributed by atoms with E-state index in [4.69, 9.17) is 5.11 Å². The molecule has 5 nitrogen and oxygen atoms in total. The summed E-state index contributed by atoms with van der Waals surface area (Å²) in [4.78, 5) is 14.7. The first-order chi connectivity index (χ1) is 7.16. The number of hydrogen-bond donors (Lipinski definition) is 1. The van der Waals surface area contributed by atoms with Crippen molar-refractivity contribution in [1.82, 2.24) is 14.8 Å². The van der Waals surface area contributed by atoms with Gasteiger partial charge in [0.25, 0.3) is 0 Å². The third-order valence-corrected chi connectivity index (χ3v) is 2.84. The summed E-state index contributed by atoms with van der Waals surface area (Å²) in [5, 5.41) is 15.2. The highest BCUT2D eigenvalue weighted by Gasteiger charge is 2.09. The van der Waals surface area contributed by atoms with Crippen molar-refractivity contribution in [1.29, 1.82) is 0 Å². The molecule has 0 saturated carbocycles. The molecule has 0 aromatic carbocycles. The number of thiazole rings is 1. The largest absolute Gasteiger partial charge is 0.481 e. The molecule has 0 spiro atoms. The van der Waals surface area contributed by atoms with Gasteiger partial charge in [0.2, 0.25) is 0 Å². The van der Waals surface area contributed by atoms with Crippen molar-refractivity contribution in [3.8, 4) is 10.7 Å². The molecule has 2 aromatic heterocycles. The van der Waals surface area contributed by atoms with E-state index in [0.717, 1.165) is 10.7 Å². The Balaban J connectivity index is 2.28. The smallest absolute Gasteiger partial charge is 0.309 e. The summed E-state index contributed by atoms with van der Waals surface area (Å²) in [6, 6.07) is 1.85. The van der Waals surface area contributed by atoms with Crippen LogP contribution in [0.3, 0.4) is 0 Å². The van der Waals surface area contributed by atoms with Gasteiger partial charge < -0.3 is 5.11 Å². The minimum Gasteiger partial charge on any atom is -0.481 e. The number of aromatic nitrogens is 3. The van der Waals surface area contributed by atoms with Gasteiger partial charge in [0.15, 0.2) is 0 Å². The Bertz CT molecular complexity index is 489. The molecular weight excluding hydrogens is 214 g/mol. The molecule has 0 aliphatic carbocycles. The van der Waals surface area contributed by atoms with Crippen LogP contribution in [0.25, 0.3) is 10.7 Å². The summed E-state index contributed by atoms with van der Waals surface area (Å²) in [5.41, 5.74) is 1.49. The maximum absolute atomic E-state index is 10.5. The lowest BCUT2D eigenvalue weighted by atomic mass is 10.3. The molecule has 0 unspecified atom stereocenters. The summed E-state index contributed by atoms with van der Waals surface area (Å²) < 4.78 is 1.71. The second kappa shape index (κ2) is 3.82. The number of aryl methyl sites for hydroxylation is 1. The van der Waals surface area contributed by atoms with Crippen molar-refractivity contribution in [2.24, 2.45) is 7.05 Å². The van der Waals surface area contributed by atoms with E-state index in [-0.39, 0.29) is 6.42 Å². The van der Waals surface area contributed by atoms with Crippen LogP contribution < -0.4 is 0 Å². The van der Waals surface area contributed by atoms with Gasteiger partial charge in [-0.3, -0.25) is 9.48 Å². The average Bonchev–Trinajstić information content (AvgIpc) is 2.72. The lowest BCUT2D eigenvalue weighted by Crippen LogP contribution is -2.00. The van der Waals surface area contributed by atoms with E-state index in [9.17, 15) is 4.79 Å². The van der Waals surface area contributed by atoms with Crippen molar-refractivity contribution in [3.63, 3.8) is 0 Å². The van der Waals surface area contributed by atoms with E-state index in [1.807, 2.05) is 13.1 Å². The van der Waals surface area contributed by atoms with Gasteiger partial charge in [0, 0.05) is 18.6 Å². The summed E-state index contributed by atoms with van der Waals surface area (Å²) in [7, 11) is 1.83. The van der Waals surface area contributed by atoms with Crippen LogP contribution in [0, 0.1) is 0 Å². The van der Waals surface area contributed by atoms with Crippen LogP contribution in [0.2, 0.25) is 0 Å². The second-order valence-electron chi connectivity index (χ2n) is 3.05. The molecule has 0 aliphatic rings. The Morgan fingerprint density at radius 1 is 1.67 bits per heavy atom. The van der Waals surface area contributed by atoms with Crippen LogP contribution in [-0.4, -0.2) is 25.8 Å². The van der Waals surface area contributed by atoms with Crippen LogP contribution in [0.15, 0.2) is 17.6 Å². The van der Waals surface area contributed by atoms with Crippen molar-refractivity contribution < 1.29 is 9.90 Å². The number of nitrogens with zero attached hydrogens (tertiary/aromatic N) is 3. The van der Waals surface area contributed by atoms with Crippen molar-refractivity contribution in [2.75, 3.05) is 0 Å². The normalized spacial score (nSPS) is 10.5. The monoisotopic (exact) mass is 223 g/mol. The Morgan fingerprint density at radius 3 is 3.07 bits per heavy atom. The van der Waals surface area contributed by atoms with Crippen molar-refractivity contribution in [2.45, 2.75) is 6.42 Å². The molecule has 0 radical (unpaired) electrons. The quantitative estimate of drug-likeness (QED) is 0.848. The highest BCUT2D eigenvalue weighted by molar-refractivity contribution is 7.13. The Morgan fingerprint density at radius 2 is 2.47 bits per heavy atom. The Labute approximate surface area is 90.0 Å². The molecular formula is C9H9N3O2S. The van der Waals surface area contributed by atoms with E-state index in [1.165, 1.54) is 11.3 Å². The van der Waals surface area contributed by atoms with Crippen LogP contribution >= 0.6 is 11.3 Å². The molecule has 6 heteroatoms. The zero-order chi connectivity index (χ0) is 10.8. The zero-order valence-electron chi connectivity index (χ0n) is 8.04. The number of hydrogen-bond acceptors (Lipinski definition) is 4. The topological polar surface area (TPSA) is 68.0 Å². The minimum atomic E-state index is -0.864. The van der Waals surface area contributed by atoms with E-state index in [1.54, 1.807) is 16.3 Å². The third-order valence-electron chi connectivity index (χ3n) is 1.92. The van der Waals surface area contributed by atoms with Gasteiger partial charge in [0.1, 0.15) is 5.01 Å². The molecule has 2 aromatic rings. The van der Waals surface area contributed by atoms with E-state index < -0.39 is 5.97 Å². The van der Waals surface area contributed by atoms with Crippen molar-refractivity contribution in [3.05, 3.63) is 23.3 Å². The molecule has 0 fully saturated rings. The molecule has 0 aliphatic heterocycles. The van der Waals surface area contributed by atoms with Crippen LogP contribution in [0.4, 0.5) is 0 Å². The number of aliphatic carboxylic acids is 1. The molecule has 0 amide bonds. The van der Waals surface area contributed by atoms with Gasteiger partial charge in [-0.15, -0.1) is 11.3 Å². The van der Waals surface area contributed by atoms with Crippen LogP contribution in [0.1, 0.15) is 5.69 Å². The number of rotatable bonds is 3. The number of carboxylic acid groups (broad SMARTS) is 1.